The van der Waals surface area contributed by atoms with Gasteiger partial charge in [0.15, 0.2) is 0 Å². The Balaban J connectivity index is 1.66. The lowest BCUT2D eigenvalue weighted by Gasteiger charge is -2.22. The van der Waals surface area contributed by atoms with Gasteiger partial charge in [0.25, 0.3) is 0 Å². The fourth-order valence-corrected chi connectivity index (χ4v) is 3.52. The fourth-order valence-electron chi connectivity index (χ4n) is 3.52. The number of carbonyl (C=O) groups is 1. The van der Waals surface area contributed by atoms with Gasteiger partial charge in [0, 0.05) is 36.7 Å². The molecule has 3 rings (SSSR count). The molecule has 0 fully saturated rings. The normalized spacial score (nSPS) is 12.0. The van der Waals surface area contributed by atoms with Crippen LogP contribution in [0.25, 0.3) is 11.1 Å². The van der Waals surface area contributed by atoms with Crippen LogP contribution in [0.4, 0.5) is 5.82 Å². The zero-order valence-electron chi connectivity index (χ0n) is 19.0. The van der Waals surface area contributed by atoms with Gasteiger partial charge in [-0.2, -0.15) is 0 Å². The SMILES string of the molecule is Cc1ccc(-c2ccc(C(CC(C)C)Nc3ccc(CNCCC(=O)O)cn3)cc2)cn1. The summed E-state index contributed by atoms with van der Waals surface area (Å²) in [6.45, 7) is 7.48. The smallest absolute Gasteiger partial charge is 0.304 e. The molecule has 6 nitrogen and oxygen atoms in total. The minimum Gasteiger partial charge on any atom is -0.481 e. The maximum Gasteiger partial charge on any atom is 0.304 e. The Morgan fingerprint density at radius 3 is 2.31 bits per heavy atom. The maximum atomic E-state index is 10.6. The average molecular weight is 433 g/mol. The third-order valence-electron chi connectivity index (χ3n) is 5.26. The van der Waals surface area contributed by atoms with E-state index < -0.39 is 5.97 Å². The van der Waals surface area contributed by atoms with Crippen LogP contribution in [0.1, 0.15) is 49.6 Å². The van der Waals surface area contributed by atoms with Gasteiger partial charge < -0.3 is 15.7 Å². The lowest BCUT2D eigenvalue weighted by molar-refractivity contribution is -0.136. The van der Waals surface area contributed by atoms with E-state index in [0.29, 0.717) is 19.0 Å². The number of rotatable bonds is 11. The zero-order valence-corrected chi connectivity index (χ0v) is 19.0. The van der Waals surface area contributed by atoms with Gasteiger partial charge in [0.1, 0.15) is 5.82 Å². The highest BCUT2D eigenvalue weighted by atomic mass is 16.4. The zero-order chi connectivity index (χ0) is 22.9. The molecule has 0 saturated carbocycles. The molecule has 1 unspecified atom stereocenters. The van der Waals surface area contributed by atoms with Crippen LogP contribution in [0.2, 0.25) is 0 Å². The topological polar surface area (TPSA) is 87.1 Å². The highest BCUT2D eigenvalue weighted by molar-refractivity contribution is 5.66. The van der Waals surface area contributed by atoms with E-state index >= 15 is 0 Å². The monoisotopic (exact) mass is 432 g/mol. The summed E-state index contributed by atoms with van der Waals surface area (Å²) in [5.74, 6) is 0.567. The Morgan fingerprint density at radius 2 is 1.72 bits per heavy atom. The minimum absolute atomic E-state index is 0.114. The molecule has 0 aliphatic heterocycles. The molecule has 32 heavy (non-hydrogen) atoms. The summed E-state index contributed by atoms with van der Waals surface area (Å²) in [7, 11) is 0. The predicted octanol–water partition coefficient (Wildman–Crippen LogP) is 5.22. The molecule has 1 aromatic carbocycles. The van der Waals surface area contributed by atoms with Gasteiger partial charge in [-0.25, -0.2) is 4.98 Å². The van der Waals surface area contributed by atoms with Crippen LogP contribution in [0.15, 0.2) is 60.9 Å². The molecular formula is C26H32N4O2. The average Bonchev–Trinajstić information content (AvgIpc) is 2.77. The molecule has 0 spiro atoms. The number of nitrogens with one attached hydrogen (secondary N) is 2. The summed E-state index contributed by atoms with van der Waals surface area (Å²) in [4.78, 5) is 19.5. The molecule has 0 aliphatic carbocycles. The molecule has 0 saturated heterocycles. The Hall–Kier alpha value is -3.25. The molecule has 2 aromatic heterocycles. The molecule has 0 bridgehead atoms. The highest BCUT2D eigenvalue weighted by Crippen LogP contribution is 2.28. The van der Waals surface area contributed by atoms with Crippen molar-refractivity contribution < 1.29 is 9.90 Å². The van der Waals surface area contributed by atoms with Crippen molar-refractivity contribution >= 4 is 11.8 Å². The van der Waals surface area contributed by atoms with Crippen LogP contribution in [0, 0.1) is 12.8 Å². The van der Waals surface area contributed by atoms with Crippen LogP contribution in [0.5, 0.6) is 0 Å². The Bertz CT molecular complexity index is 984. The van der Waals surface area contributed by atoms with Crippen molar-refractivity contribution in [3.63, 3.8) is 0 Å². The first-order valence-corrected chi connectivity index (χ1v) is 11.1. The molecule has 3 aromatic rings. The van der Waals surface area contributed by atoms with E-state index in [1.54, 1.807) is 0 Å². The summed E-state index contributed by atoms with van der Waals surface area (Å²) in [5.41, 5.74) is 5.54. The molecule has 168 valence electrons. The number of anilines is 1. The molecule has 6 heteroatoms. The number of carboxylic acid groups (broad SMARTS) is 1. The van der Waals surface area contributed by atoms with E-state index in [0.717, 1.165) is 34.6 Å². The Morgan fingerprint density at radius 1 is 0.969 bits per heavy atom. The van der Waals surface area contributed by atoms with Gasteiger partial charge in [-0.05, 0) is 48.1 Å². The lowest BCUT2D eigenvalue weighted by atomic mass is 9.95. The summed E-state index contributed by atoms with van der Waals surface area (Å²) >= 11 is 0. The molecule has 0 aliphatic rings. The second-order valence-corrected chi connectivity index (χ2v) is 8.51. The van der Waals surface area contributed by atoms with Gasteiger partial charge in [0.05, 0.1) is 12.5 Å². The number of pyridine rings is 2. The first kappa shape index (κ1) is 23.4. The summed E-state index contributed by atoms with van der Waals surface area (Å²) in [6, 6.07) is 16.9. The third-order valence-corrected chi connectivity index (χ3v) is 5.26. The molecule has 1 atom stereocenters. The molecular weight excluding hydrogens is 400 g/mol. The van der Waals surface area contributed by atoms with E-state index in [9.17, 15) is 4.79 Å². The van der Waals surface area contributed by atoms with Gasteiger partial charge in [-0.3, -0.25) is 9.78 Å². The van der Waals surface area contributed by atoms with Crippen molar-refractivity contribution in [2.24, 2.45) is 5.92 Å². The van der Waals surface area contributed by atoms with Crippen molar-refractivity contribution in [1.29, 1.82) is 0 Å². The van der Waals surface area contributed by atoms with Gasteiger partial charge in [-0.15, -0.1) is 0 Å². The number of nitrogens with zero attached hydrogens (tertiary/aromatic N) is 2. The number of aromatic nitrogens is 2. The number of benzene rings is 1. The number of hydrogen-bond acceptors (Lipinski definition) is 5. The van der Waals surface area contributed by atoms with Crippen molar-refractivity contribution in [2.75, 3.05) is 11.9 Å². The standard InChI is InChI=1S/C26H32N4O2/c1-18(2)14-24(22-9-7-21(8-10-22)23-6-4-19(3)28-17-23)30-25-11-5-20(16-29-25)15-27-13-12-26(31)32/h4-11,16-18,24,27H,12-15H2,1-3H3,(H,29,30)(H,31,32). The van der Waals surface area contributed by atoms with Crippen LogP contribution >= 0.6 is 0 Å². The molecule has 0 amide bonds. The van der Waals surface area contributed by atoms with Gasteiger partial charge >= 0.3 is 5.97 Å². The predicted molar refractivity (Wildman–Crippen MR) is 128 cm³/mol. The van der Waals surface area contributed by atoms with E-state index in [2.05, 4.69) is 64.8 Å². The number of aliphatic carboxylic acids is 1. The van der Waals surface area contributed by atoms with Crippen molar-refractivity contribution in [3.05, 3.63) is 77.7 Å². The van der Waals surface area contributed by atoms with Crippen molar-refractivity contribution in [1.82, 2.24) is 15.3 Å². The molecule has 0 radical (unpaired) electrons. The van der Waals surface area contributed by atoms with E-state index in [4.69, 9.17) is 5.11 Å². The largest absolute Gasteiger partial charge is 0.481 e. The van der Waals surface area contributed by atoms with Crippen molar-refractivity contribution in [3.8, 4) is 11.1 Å². The summed E-state index contributed by atoms with van der Waals surface area (Å²) in [5, 5.41) is 15.4. The van der Waals surface area contributed by atoms with Crippen LogP contribution in [-0.2, 0) is 11.3 Å². The van der Waals surface area contributed by atoms with Crippen molar-refractivity contribution in [2.45, 2.75) is 46.2 Å². The van der Waals surface area contributed by atoms with Crippen LogP contribution in [-0.4, -0.2) is 27.6 Å². The van der Waals surface area contributed by atoms with Gasteiger partial charge in [0.2, 0.25) is 0 Å². The second-order valence-electron chi connectivity index (χ2n) is 8.51. The number of hydrogen-bond donors (Lipinski definition) is 3. The lowest BCUT2D eigenvalue weighted by Crippen LogP contribution is -2.18. The highest BCUT2D eigenvalue weighted by Gasteiger charge is 2.14. The molecule has 3 N–H and O–H groups in total. The fraction of sp³-hybridized carbons (Fsp3) is 0.346. The molecule has 2 heterocycles. The van der Waals surface area contributed by atoms with E-state index in [1.165, 1.54) is 5.56 Å². The van der Waals surface area contributed by atoms with E-state index in [1.807, 2.05) is 37.5 Å². The van der Waals surface area contributed by atoms with Gasteiger partial charge in [-0.1, -0.05) is 50.2 Å². The summed E-state index contributed by atoms with van der Waals surface area (Å²) in [6.07, 6.45) is 4.85. The maximum absolute atomic E-state index is 10.6. The number of aryl methyl sites for hydroxylation is 1. The Kier molecular flexibility index (Phi) is 8.34. The van der Waals surface area contributed by atoms with E-state index in [-0.39, 0.29) is 12.5 Å². The third kappa shape index (κ3) is 7.17. The first-order valence-electron chi connectivity index (χ1n) is 11.1. The number of carboxylic acids is 1. The van der Waals surface area contributed by atoms with Crippen LogP contribution in [0.3, 0.4) is 0 Å². The van der Waals surface area contributed by atoms with Crippen LogP contribution < -0.4 is 10.6 Å². The Labute approximate surface area is 190 Å². The summed E-state index contributed by atoms with van der Waals surface area (Å²) < 4.78 is 0. The first-order chi connectivity index (χ1) is 15.4. The quantitative estimate of drug-likeness (QED) is 0.360. The second kappa shape index (κ2) is 11.4. The minimum atomic E-state index is -0.796.